The van der Waals surface area contributed by atoms with Crippen molar-refractivity contribution in [2.24, 2.45) is 5.92 Å². The molecule has 5 nitrogen and oxygen atoms in total. The van der Waals surface area contributed by atoms with Gasteiger partial charge in [-0.25, -0.2) is 0 Å². The van der Waals surface area contributed by atoms with E-state index in [0.717, 1.165) is 31.8 Å². The van der Waals surface area contributed by atoms with Gasteiger partial charge in [0.1, 0.15) is 11.5 Å². The Balaban J connectivity index is 1.65. The lowest BCUT2D eigenvalue weighted by Crippen LogP contribution is -2.48. The molecule has 1 amide bonds. The molecule has 0 saturated carbocycles. The van der Waals surface area contributed by atoms with Gasteiger partial charge >= 0.3 is 0 Å². The molecule has 0 bridgehead atoms. The van der Waals surface area contributed by atoms with Crippen LogP contribution in [0.1, 0.15) is 13.3 Å². The molecule has 1 fully saturated rings. The summed E-state index contributed by atoms with van der Waals surface area (Å²) < 4.78 is 10.9. The second-order valence-electron chi connectivity index (χ2n) is 4.94. The third-order valence-corrected chi connectivity index (χ3v) is 3.12. The molecule has 1 heterocycles. The SMILES string of the molecule is CCCOc1ccc(OCC(=O)NCC2CNC2)cc1. The number of hydrogen-bond acceptors (Lipinski definition) is 4. The number of benzene rings is 1. The van der Waals surface area contributed by atoms with Crippen LogP contribution in [0.5, 0.6) is 11.5 Å². The van der Waals surface area contributed by atoms with Crippen LogP contribution in [0.15, 0.2) is 24.3 Å². The number of carbonyl (C=O) groups is 1. The second kappa shape index (κ2) is 7.75. The highest BCUT2D eigenvalue weighted by atomic mass is 16.5. The Kier molecular flexibility index (Phi) is 5.68. The fraction of sp³-hybridized carbons (Fsp3) is 0.533. The summed E-state index contributed by atoms with van der Waals surface area (Å²) in [6.07, 6.45) is 0.981. The van der Waals surface area contributed by atoms with Crippen molar-refractivity contribution in [2.75, 3.05) is 32.8 Å². The predicted molar refractivity (Wildman–Crippen MR) is 77.1 cm³/mol. The maximum Gasteiger partial charge on any atom is 0.257 e. The van der Waals surface area contributed by atoms with Gasteiger partial charge in [0.25, 0.3) is 5.91 Å². The first-order valence-corrected chi connectivity index (χ1v) is 7.11. The summed E-state index contributed by atoms with van der Waals surface area (Å²) in [7, 11) is 0. The van der Waals surface area contributed by atoms with E-state index in [1.165, 1.54) is 0 Å². The average molecular weight is 278 g/mol. The topological polar surface area (TPSA) is 59.6 Å². The quantitative estimate of drug-likeness (QED) is 0.750. The van der Waals surface area contributed by atoms with Crippen molar-refractivity contribution in [3.63, 3.8) is 0 Å². The molecule has 1 aromatic rings. The van der Waals surface area contributed by atoms with Gasteiger partial charge in [0.2, 0.25) is 0 Å². The van der Waals surface area contributed by atoms with Crippen LogP contribution in [0.25, 0.3) is 0 Å². The molecule has 2 N–H and O–H groups in total. The molecule has 0 atom stereocenters. The Morgan fingerprint density at radius 1 is 1.25 bits per heavy atom. The van der Waals surface area contributed by atoms with Crippen molar-refractivity contribution in [3.8, 4) is 11.5 Å². The lowest BCUT2D eigenvalue weighted by atomic mass is 10.0. The monoisotopic (exact) mass is 278 g/mol. The van der Waals surface area contributed by atoms with E-state index in [1.54, 1.807) is 0 Å². The first-order valence-electron chi connectivity index (χ1n) is 7.11. The Morgan fingerprint density at radius 2 is 1.90 bits per heavy atom. The van der Waals surface area contributed by atoms with Crippen LogP contribution < -0.4 is 20.1 Å². The Bertz CT molecular complexity index is 416. The van der Waals surface area contributed by atoms with Gasteiger partial charge in [0, 0.05) is 25.6 Å². The van der Waals surface area contributed by atoms with E-state index < -0.39 is 0 Å². The Hall–Kier alpha value is -1.75. The zero-order valence-electron chi connectivity index (χ0n) is 11.9. The minimum absolute atomic E-state index is 0.0509. The standard InChI is InChI=1S/C15H22N2O3/c1-2-7-19-13-3-5-14(6-4-13)20-11-15(18)17-10-12-8-16-9-12/h3-6,12,16H,2,7-11H2,1H3,(H,17,18). The largest absolute Gasteiger partial charge is 0.494 e. The maximum atomic E-state index is 11.6. The first kappa shape index (κ1) is 14.7. The first-order chi connectivity index (χ1) is 9.78. The van der Waals surface area contributed by atoms with E-state index in [0.29, 0.717) is 18.3 Å². The highest BCUT2D eigenvalue weighted by molar-refractivity contribution is 5.77. The van der Waals surface area contributed by atoms with Crippen molar-refractivity contribution in [1.29, 1.82) is 0 Å². The number of ether oxygens (including phenoxy) is 2. The number of nitrogens with one attached hydrogen (secondary N) is 2. The summed E-state index contributed by atoms with van der Waals surface area (Å²) in [5.74, 6) is 1.98. The average Bonchev–Trinajstić information content (AvgIpc) is 2.42. The van der Waals surface area contributed by atoms with Gasteiger partial charge in [-0.05, 0) is 30.7 Å². The van der Waals surface area contributed by atoms with E-state index in [-0.39, 0.29) is 12.5 Å². The van der Waals surface area contributed by atoms with Gasteiger partial charge in [-0.2, -0.15) is 0 Å². The third kappa shape index (κ3) is 4.74. The minimum atomic E-state index is -0.0804. The van der Waals surface area contributed by atoms with E-state index in [4.69, 9.17) is 9.47 Å². The maximum absolute atomic E-state index is 11.6. The zero-order valence-corrected chi connectivity index (χ0v) is 11.9. The molecule has 2 rings (SSSR count). The second-order valence-corrected chi connectivity index (χ2v) is 4.94. The molecule has 0 radical (unpaired) electrons. The minimum Gasteiger partial charge on any atom is -0.494 e. The van der Waals surface area contributed by atoms with Gasteiger partial charge in [0.05, 0.1) is 6.61 Å². The van der Waals surface area contributed by atoms with Gasteiger partial charge in [-0.3, -0.25) is 4.79 Å². The van der Waals surface area contributed by atoms with Crippen molar-refractivity contribution in [2.45, 2.75) is 13.3 Å². The molecule has 1 aromatic carbocycles. The van der Waals surface area contributed by atoms with Crippen molar-refractivity contribution < 1.29 is 14.3 Å². The van der Waals surface area contributed by atoms with Crippen LogP contribution in [0.4, 0.5) is 0 Å². The van der Waals surface area contributed by atoms with E-state index in [2.05, 4.69) is 17.6 Å². The van der Waals surface area contributed by atoms with Crippen LogP contribution in [-0.4, -0.2) is 38.8 Å². The van der Waals surface area contributed by atoms with Gasteiger partial charge in [-0.1, -0.05) is 6.92 Å². The Morgan fingerprint density at radius 3 is 2.45 bits per heavy atom. The molecule has 0 unspecified atom stereocenters. The van der Waals surface area contributed by atoms with E-state index in [9.17, 15) is 4.79 Å². The van der Waals surface area contributed by atoms with E-state index in [1.807, 2.05) is 24.3 Å². The molecule has 1 saturated heterocycles. The predicted octanol–water partition coefficient (Wildman–Crippen LogP) is 1.19. The smallest absolute Gasteiger partial charge is 0.257 e. The highest BCUT2D eigenvalue weighted by Gasteiger charge is 2.17. The van der Waals surface area contributed by atoms with Crippen LogP contribution in [0.3, 0.4) is 0 Å². The number of hydrogen-bond donors (Lipinski definition) is 2. The van der Waals surface area contributed by atoms with Crippen molar-refractivity contribution >= 4 is 5.91 Å². The number of carbonyl (C=O) groups excluding carboxylic acids is 1. The Labute approximate surface area is 119 Å². The van der Waals surface area contributed by atoms with Gasteiger partial charge in [0.15, 0.2) is 6.61 Å². The lowest BCUT2D eigenvalue weighted by molar-refractivity contribution is -0.123. The summed E-state index contributed by atoms with van der Waals surface area (Å²) in [5, 5.41) is 6.03. The third-order valence-electron chi connectivity index (χ3n) is 3.12. The van der Waals surface area contributed by atoms with Crippen molar-refractivity contribution in [3.05, 3.63) is 24.3 Å². The number of amides is 1. The summed E-state index contributed by atoms with van der Waals surface area (Å²) in [5.41, 5.74) is 0. The highest BCUT2D eigenvalue weighted by Crippen LogP contribution is 2.17. The molecule has 1 aliphatic heterocycles. The molecule has 0 aliphatic carbocycles. The van der Waals surface area contributed by atoms with Crippen LogP contribution in [0, 0.1) is 5.92 Å². The molecule has 5 heteroatoms. The molecular weight excluding hydrogens is 256 g/mol. The van der Waals surface area contributed by atoms with Gasteiger partial charge in [-0.15, -0.1) is 0 Å². The molecule has 0 aromatic heterocycles. The molecule has 0 spiro atoms. The summed E-state index contributed by atoms with van der Waals surface area (Å²) >= 11 is 0. The van der Waals surface area contributed by atoms with Crippen LogP contribution in [-0.2, 0) is 4.79 Å². The van der Waals surface area contributed by atoms with Crippen molar-refractivity contribution in [1.82, 2.24) is 10.6 Å². The molecular formula is C15H22N2O3. The molecule has 20 heavy (non-hydrogen) atoms. The summed E-state index contributed by atoms with van der Waals surface area (Å²) in [4.78, 5) is 11.6. The lowest BCUT2D eigenvalue weighted by Gasteiger charge is -2.27. The summed E-state index contributed by atoms with van der Waals surface area (Å²) in [6, 6.07) is 7.33. The fourth-order valence-corrected chi connectivity index (χ4v) is 1.80. The molecule has 1 aliphatic rings. The zero-order chi connectivity index (χ0) is 14.2. The summed E-state index contributed by atoms with van der Waals surface area (Å²) in [6.45, 7) is 5.52. The normalized spacial score (nSPS) is 14.4. The molecule has 110 valence electrons. The van der Waals surface area contributed by atoms with Gasteiger partial charge < -0.3 is 20.1 Å². The van der Waals surface area contributed by atoms with E-state index >= 15 is 0 Å². The van der Waals surface area contributed by atoms with Crippen LogP contribution in [0.2, 0.25) is 0 Å². The number of rotatable bonds is 8. The fourth-order valence-electron chi connectivity index (χ4n) is 1.80. The van der Waals surface area contributed by atoms with Crippen LogP contribution >= 0.6 is 0 Å².